The summed E-state index contributed by atoms with van der Waals surface area (Å²) in [4.78, 5) is 28.2. The summed E-state index contributed by atoms with van der Waals surface area (Å²) in [5.74, 6) is 0.980. The summed E-state index contributed by atoms with van der Waals surface area (Å²) in [6.45, 7) is 0.0931. The van der Waals surface area contributed by atoms with Crippen LogP contribution >= 0.6 is 0 Å². The molecule has 32 heavy (non-hydrogen) atoms. The fraction of sp³-hybridized carbons (Fsp3) is 0.273. The number of hydrogen-bond acceptors (Lipinski definition) is 8. The lowest BCUT2D eigenvalue weighted by atomic mass is 10.1. The van der Waals surface area contributed by atoms with Gasteiger partial charge in [0, 0.05) is 23.2 Å². The summed E-state index contributed by atoms with van der Waals surface area (Å²) in [5, 5.41) is 4.91. The molecule has 10 heteroatoms. The van der Waals surface area contributed by atoms with Crippen LogP contribution < -0.4 is 10.5 Å². The third kappa shape index (κ3) is 3.34. The van der Waals surface area contributed by atoms with Gasteiger partial charge in [0.1, 0.15) is 30.3 Å². The highest BCUT2D eigenvalue weighted by Gasteiger charge is 2.30. The van der Waals surface area contributed by atoms with E-state index in [4.69, 9.17) is 19.9 Å². The number of anilines is 1. The molecule has 4 aromatic rings. The molecule has 0 spiro atoms. The average molecular weight is 435 g/mol. The van der Waals surface area contributed by atoms with Gasteiger partial charge in [-0.2, -0.15) is 5.10 Å². The van der Waals surface area contributed by atoms with E-state index in [1.807, 2.05) is 12.1 Å². The molecule has 1 fully saturated rings. The number of nitrogens with two attached hydrogens (primary N) is 1. The molecule has 3 aromatic heterocycles. The molecule has 0 bridgehead atoms. The molecule has 4 heterocycles. The number of aldehydes is 1. The van der Waals surface area contributed by atoms with Crippen molar-refractivity contribution < 1.29 is 23.8 Å². The zero-order valence-electron chi connectivity index (χ0n) is 17.3. The van der Waals surface area contributed by atoms with Crippen LogP contribution in [0, 0.1) is 0 Å². The maximum Gasteiger partial charge on any atom is 0.418 e. The highest BCUT2D eigenvalue weighted by molar-refractivity contribution is 6.01. The van der Waals surface area contributed by atoms with Crippen molar-refractivity contribution in [2.24, 2.45) is 0 Å². The van der Waals surface area contributed by atoms with Gasteiger partial charge in [-0.15, -0.1) is 0 Å². The second-order valence-corrected chi connectivity index (χ2v) is 7.56. The van der Waals surface area contributed by atoms with Crippen molar-refractivity contribution in [3.8, 4) is 5.75 Å². The first-order chi connectivity index (χ1) is 15.6. The minimum atomic E-state index is -0.586. The van der Waals surface area contributed by atoms with Crippen molar-refractivity contribution in [1.29, 1.82) is 0 Å². The second-order valence-electron chi connectivity index (χ2n) is 7.56. The molecule has 1 aromatic carbocycles. The number of carbonyl (C=O) groups is 2. The Morgan fingerprint density at radius 1 is 1.28 bits per heavy atom. The molecule has 0 radical (unpaired) electrons. The van der Waals surface area contributed by atoms with Gasteiger partial charge in [0.25, 0.3) is 0 Å². The molecule has 0 amide bonds. The fourth-order valence-electron chi connectivity index (χ4n) is 4.10. The zero-order chi connectivity index (χ0) is 22.2. The molecule has 1 saturated heterocycles. The topological polar surface area (TPSA) is 123 Å². The van der Waals surface area contributed by atoms with Crippen LogP contribution in [0.1, 0.15) is 35.0 Å². The van der Waals surface area contributed by atoms with Gasteiger partial charge in [0.15, 0.2) is 12.1 Å². The monoisotopic (exact) mass is 435 g/mol. The third-order valence-corrected chi connectivity index (χ3v) is 5.71. The number of benzene rings is 1. The van der Waals surface area contributed by atoms with Crippen molar-refractivity contribution in [1.82, 2.24) is 19.2 Å². The van der Waals surface area contributed by atoms with E-state index in [9.17, 15) is 9.59 Å². The summed E-state index contributed by atoms with van der Waals surface area (Å²) < 4.78 is 19.9. The highest BCUT2D eigenvalue weighted by atomic mass is 16.6. The first-order valence-electron chi connectivity index (χ1n) is 10.1. The molecule has 164 valence electrons. The van der Waals surface area contributed by atoms with Crippen LogP contribution in [-0.2, 0) is 9.47 Å². The van der Waals surface area contributed by atoms with Crippen LogP contribution in [0.4, 0.5) is 10.6 Å². The van der Waals surface area contributed by atoms with E-state index in [1.54, 1.807) is 22.7 Å². The lowest BCUT2D eigenvalue weighted by Gasteiger charge is -2.14. The van der Waals surface area contributed by atoms with E-state index in [2.05, 4.69) is 10.1 Å². The Morgan fingerprint density at radius 2 is 2.16 bits per heavy atom. The first-order valence-corrected chi connectivity index (χ1v) is 10.1. The van der Waals surface area contributed by atoms with Crippen LogP contribution in [0.5, 0.6) is 5.75 Å². The standard InChI is InChI=1S/C22H21N5O5/c1-30-14-2-4-16-13(10-28)9-26(19(16)8-14)22(29)31-11-15-3-7-20(32-15)17-5-6-18-21(23)24-12-25-27(17)18/h2,4-6,8-10,12,15,20H,3,7,11H2,1H3,(H2,23,24,25). The van der Waals surface area contributed by atoms with Gasteiger partial charge >= 0.3 is 6.09 Å². The normalized spacial score (nSPS) is 18.3. The highest BCUT2D eigenvalue weighted by Crippen LogP contribution is 2.34. The first kappa shape index (κ1) is 20.0. The Morgan fingerprint density at radius 3 is 2.97 bits per heavy atom. The number of nitrogens with zero attached hydrogens (tertiary/aromatic N) is 4. The maximum absolute atomic E-state index is 12.8. The van der Waals surface area contributed by atoms with E-state index in [0.29, 0.717) is 34.3 Å². The molecule has 0 aliphatic carbocycles. The number of fused-ring (bicyclic) bond motifs is 2. The minimum absolute atomic E-state index is 0.0931. The number of ether oxygens (including phenoxy) is 3. The summed E-state index contributed by atoms with van der Waals surface area (Å²) in [5.41, 5.74) is 8.44. The van der Waals surface area contributed by atoms with E-state index in [1.165, 1.54) is 24.2 Å². The SMILES string of the molecule is COc1ccc2c(C=O)cn(C(=O)OCC3CCC(c4ccc5c(N)ncnn45)O3)c2c1. The third-order valence-electron chi connectivity index (χ3n) is 5.71. The van der Waals surface area contributed by atoms with Crippen molar-refractivity contribution in [2.45, 2.75) is 25.0 Å². The van der Waals surface area contributed by atoms with Gasteiger partial charge in [-0.3, -0.25) is 9.36 Å². The van der Waals surface area contributed by atoms with Crippen molar-refractivity contribution >= 4 is 34.6 Å². The summed E-state index contributed by atoms with van der Waals surface area (Å²) in [7, 11) is 1.54. The van der Waals surface area contributed by atoms with Gasteiger partial charge in [0.2, 0.25) is 0 Å². The number of nitrogen functional groups attached to an aromatic ring is 1. The Bertz CT molecular complexity index is 1330. The molecular weight excluding hydrogens is 414 g/mol. The molecule has 10 nitrogen and oxygen atoms in total. The van der Waals surface area contributed by atoms with E-state index in [-0.39, 0.29) is 18.8 Å². The maximum atomic E-state index is 12.8. The molecule has 1 aliphatic rings. The predicted octanol–water partition coefficient (Wildman–Crippen LogP) is 2.99. The Balaban J connectivity index is 1.29. The van der Waals surface area contributed by atoms with Crippen molar-refractivity contribution in [2.75, 3.05) is 19.5 Å². The number of aromatic nitrogens is 4. The number of methoxy groups -OCH3 is 1. The summed E-state index contributed by atoms with van der Waals surface area (Å²) >= 11 is 0. The van der Waals surface area contributed by atoms with Crippen molar-refractivity contribution in [3.05, 3.63) is 54.1 Å². The van der Waals surface area contributed by atoms with Crippen LogP contribution in [0.25, 0.3) is 16.4 Å². The molecule has 1 aliphatic heterocycles. The van der Waals surface area contributed by atoms with Gasteiger partial charge in [-0.1, -0.05) is 0 Å². The number of rotatable bonds is 5. The molecule has 2 atom stereocenters. The lowest BCUT2D eigenvalue weighted by Crippen LogP contribution is -2.21. The van der Waals surface area contributed by atoms with E-state index >= 15 is 0 Å². The number of hydrogen-bond donors (Lipinski definition) is 1. The lowest BCUT2D eigenvalue weighted by molar-refractivity contribution is 0.00225. The fourth-order valence-corrected chi connectivity index (χ4v) is 4.10. The zero-order valence-corrected chi connectivity index (χ0v) is 17.3. The van der Waals surface area contributed by atoms with Crippen LogP contribution in [-0.4, -0.2) is 51.4 Å². The molecule has 0 saturated carbocycles. The largest absolute Gasteiger partial charge is 0.497 e. The quantitative estimate of drug-likeness (QED) is 0.475. The number of carbonyl (C=O) groups excluding carboxylic acids is 2. The Hall–Kier alpha value is -3.92. The summed E-state index contributed by atoms with van der Waals surface area (Å²) in [6.07, 6.45) is 4.05. The van der Waals surface area contributed by atoms with E-state index < -0.39 is 6.09 Å². The molecular formula is C22H21N5O5. The van der Waals surface area contributed by atoms with Gasteiger partial charge in [-0.05, 0) is 37.1 Å². The Kier molecular flexibility index (Phi) is 4.98. The smallest absolute Gasteiger partial charge is 0.418 e. The van der Waals surface area contributed by atoms with Gasteiger partial charge in [-0.25, -0.2) is 14.3 Å². The molecule has 2 unspecified atom stereocenters. The van der Waals surface area contributed by atoms with Crippen LogP contribution in [0.15, 0.2) is 42.9 Å². The average Bonchev–Trinajstić information content (AvgIpc) is 3.53. The van der Waals surface area contributed by atoms with E-state index in [0.717, 1.165) is 24.1 Å². The van der Waals surface area contributed by atoms with Crippen molar-refractivity contribution in [3.63, 3.8) is 0 Å². The molecule has 5 rings (SSSR count). The van der Waals surface area contributed by atoms with Gasteiger partial charge < -0.3 is 19.9 Å². The predicted molar refractivity (Wildman–Crippen MR) is 115 cm³/mol. The summed E-state index contributed by atoms with van der Waals surface area (Å²) in [6, 6.07) is 8.94. The van der Waals surface area contributed by atoms with Crippen LogP contribution in [0.3, 0.4) is 0 Å². The second kappa shape index (κ2) is 7.97. The van der Waals surface area contributed by atoms with Crippen LogP contribution in [0.2, 0.25) is 0 Å². The minimum Gasteiger partial charge on any atom is -0.497 e. The Labute approximate surface area is 182 Å². The van der Waals surface area contributed by atoms with Gasteiger partial charge in [0.05, 0.1) is 24.4 Å². The molecule has 2 N–H and O–H groups in total.